The Morgan fingerprint density at radius 1 is 0.531 bits per heavy atom. The Morgan fingerprint density at radius 3 is 0.938 bits per heavy atom. The van der Waals surface area contributed by atoms with Gasteiger partial charge in [-0.05, 0) is 61.1 Å². The van der Waals surface area contributed by atoms with Gasteiger partial charge in [-0.25, -0.2) is 0 Å². The lowest BCUT2D eigenvalue weighted by Gasteiger charge is -2.26. The van der Waals surface area contributed by atoms with Gasteiger partial charge in [-0.1, -0.05) is 0 Å². The van der Waals surface area contributed by atoms with Gasteiger partial charge in [-0.2, -0.15) is 21.0 Å². The molecule has 6 nitrogen and oxygen atoms in total. The van der Waals surface area contributed by atoms with E-state index in [9.17, 15) is 9.13 Å². The molecule has 0 amide bonds. The lowest BCUT2D eigenvalue weighted by Crippen LogP contribution is -2.09. The fourth-order valence-corrected chi connectivity index (χ4v) is 9.28. The Labute approximate surface area is 192 Å². The summed E-state index contributed by atoms with van der Waals surface area (Å²) >= 11 is 0. The van der Waals surface area contributed by atoms with Crippen molar-refractivity contribution in [1.82, 2.24) is 0 Å². The van der Waals surface area contributed by atoms with Crippen molar-refractivity contribution in [3.05, 3.63) is 33.4 Å². The second-order valence-corrected chi connectivity index (χ2v) is 15.1. The minimum absolute atomic E-state index is 0.206. The van der Waals surface area contributed by atoms with Crippen LogP contribution in [0.4, 0.5) is 0 Å². The molecule has 0 unspecified atom stereocenters. The predicted octanol–water partition coefficient (Wildman–Crippen LogP) is 6.30. The second-order valence-electron chi connectivity index (χ2n) is 8.42. The normalized spacial score (nSPS) is 11.2. The van der Waals surface area contributed by atoms with Crippen LogP contribution in [0.15, 0.2) is 0 Å². The molecule has 0 fully saturated rings. The quantitative estimate of drug-likeness (QED) is 0.330. The molecular formula is C24H32N4O2P2. The van der Waals surface area contributed by atoms with Gasteiger partial charge in [0.15, 0.2) is 0 Å². The van der Waals surface area contributed by atoms with Crippen LogP contribution in [0.5, 0.6) is 0 Å². The molecule has 0 bridgehead atoms. The lowest BCUT2D eigenvalue weighted by molar-refractivity contribution is 0.571. The van der Waals surface area contributed by atoms with Crippen molar-refractivity contribution < 1.29 is 9.13 Å². The van der Waals surface area contributed by atoms with E-state index < -0.39 is 14.3 Å². The Morgan fingerprint density at radius 2 is 0.750 bits per heavy atom. The average Bonchev–Trinajstić information content (AvgIpc) is 2.78. The van der Waals surface area contributed by atoms with Crippen molar-refractivity contribution in [3.63, 3.8) is 0 Å². The number of nitriles is 4. The topological polar surface area (TPSA) is 129 Å². The Bertz CT molecular complexity index is 937. The van der Waals surface area contributed by atoms with Crippen LogP contribution in [0.2, 0.25) is 0 Å². The van der Waals surface area contributed by atoms with E-state index >= 15 is 0 Å². The van der Waals surface area contributed by atoms with Gasteiger partial charge < -0.3 is 9.13 Å². The summed E-state index contributed by atoms with van der Waals surface area (Å²) in [7, 11) is -5.45. The van der Waals surface area contributed by atoms with Crippen molar-refractivity contribution in [2.24, 2.45) is 0 Å². The van der Waals surface area contributed by atoms with Crippen LogP contribution in [0.3, 0.4) is 0 Å². The highest BCUT2D eigenvalue weighted by molar-refractivity contribution is 7.63. The van der Waals surface area contributed by atoms with E-state index in [0.717, 1.165) is 33.4 Å². The Kier molecular flexibility index (Phi) is 10.9. The van der Waals surface area contributed by atoms with Gasteiger partial charge in [0.05, 0.1) is 38.6 Å². The van der Waals surface area contributed by atoms with Crippen molar-refractivity contribution in [2.75, 3.05) is 24.6 Å². The van der Waals surface area contributed by atoms with E-state index in [-0.39, 0.29) is 25.7 Å². The summed E-state index contributed by atoms with van der Waals surface area (Å²) in [5.41, 5.74) is 6.00. The molecule has 170 valence electrons. The average molecular weight is 470 g/mol. The Balaban J connectivity index is 3.44. The van der Waals surface area contributed by atoms with Crippen LogP contribution in [-0.2, 0) is 21.5 Å². The highest BCUT2D eigenvalue weighted by Crippen LogP contribution is 2.54. The van der Waals surface area contributed by atoms with Crippen LogP contribution in [0, 0.1) is 73.0 Å². The van der Waals surface area contributed by atoms with Crippen molar-refractivity contribution in [1.29, 1.82) is 21.0 Å². The lowest BCUT2D eigenvalue weighted by atomic mass is 9.90. The van der Waals surface area contributed by atoms with Crippen LogP contribution in [-0.4, -0.2) is 24.6 Å². The smallest absolute Gasteiger partial charge is 0.0939 e. The van der Waals surface area contributed by atoms with E-state index in [4.69, 9.17) is 21.0 Å². The summed E-state index contributed by atoms with van der Waals surface area (Å²) in [6, 6.07) is 8.30. The summed E-state index contributed by atoms with van der Waals surface area (Å²) < 4.78 is 27.1. The summed E-state index contributed by atoms with van der Waals surface area (Å²) in [5.74, 6) is 0. The van der Waals surface area contributed by atoms with Crippen molar-refractivity contribution >= 4 is 14.3 Å². The zero-order chi connectivity index (χ0) is 24.4. The predicted molar refractivity (Wildman–Crippen MR) is 128 cm³/mol. The molecule has 0 aliphatic rings. The molecule has 0 radical (unpaired) electrons. The summed E-state index contributed by atoms with van der Waals surface area (Å²) in [6.45, 7) is 7.92. The minimum Gasteiger partial charge on any atom is -0.323 e. The van der Waals surface area contributed by atoms with Gasteiger partial charge in [0.25, 0.3) is 0 Å². The van der Waals surface area contributed by atoms with E-state index in [2.05, 4.69) is 24.3 Å². The standard InChI is InChI=1S/C24H32N4O2P2/c1-19-20(2)24(18-32(30,15-7-11-27)16-8-12-28)22(4)21(3)23(19)17-31(29,13-5-9-25)14-6-10-26/h5-8,13-18H2,1-4H3. The van der Waals surface area contributed by atoms with Crippen LogP contribution >= 0.6 is 14.3 Å². The number of rotatable bonds is 12. The molecule has 0 aliphatic heterocycles. The summed E-state index contributed by atoms with van der Waals surface area (Å²) in [6.07, 6.45) is 2.77. The first-order chi connectivity index (χ1) is 15.1. The van der Waals surface area contributed by atoms with Crippen LogP contribution < -0.4 is 0 Å². The molecule has 0 spiro atoms. The van der Waals surface area contributed by atoms with Crippen molar-refractivity contribution in [2.45, 2.75) is 65.7 Å². The van der Waals surface area contributed by atoms with Gasteiger partial charge in [0.1, 0.15) is 0 Å². The second kappa shape index (κ2) is 12.6. The maximum Gasteiger partial charge on any atom is 0.0939 e. The maximum absolute atomic E-state index is 13.6. The first kappa shape index (κ1) is 27.7. The van der Waals surface area contributed by atoms with E-state index in [0.29, 0.717) is 37.0 Å². The zero-order valence-electron chi connectivity index (χ0n) is 19.6. The fourth-order valence-electron chi connectivity index (χ4n) is 4.07. The third-order valence-electron chi connectivity index (χ3n) is 6.35. The van der Waals surface area contributed by atoms with Crippen molar-refractivity contribution in [3.8, 4) is 24.3 Å². The van der Waals surface area contributed by atoms with Gasteiger partial charge in [0.2, 0.25) is 0 Å². The molecule has 1 rings (SSSR count). The highest BCUT2D eigenvalue weighted by atomic mass is 31.2. The largest absolute Gasteiger partial charge is 0.323 e. The van der Waals surface area contributed by atoms with E-state index in [1.165, 1.54) is 0 Å². The van der Waals surface area contributed by atoms with Gasteiger partial charge >= 0.3 is 0 Å². The summed E-state index contributed by atoms with van der Waals surface area (Å²) in [4.78, 5) is 0. The molecule has 0 aliphatic carbocycles. The SMILES string of the molecule is Cc1c(C)c(CP(=O)(CCC#N)CCC#N)c(C)c(C)c1CP(=O)(CCC#N)CCC#N. The molecule has 1 aromatic carbocycles. The first-order valence-electron chi connectivity index (χ1n) is 10.8. The first-order valence-corrected chi connectivity index (χ1v) is 15.3. The highest BCUT2D eigenvalue weighted by Gasteiger charge is 2.28. The molecule has 32 heavy (non-hydrogen) atoms. The maximum atomic E-state index is 13.6. The molecule has 0 saturated heterocycles. The van der Waals surface area contributed by atoms with E-state index in [1.54, 1.807) is 0 Å². The molecule has 0 saturated carbocycles. The number of benzene rings is 1. The summed E-state index contributed by atoms with van der Waals surface area (Å²) in [5, 5.41) is 35.9. The molecule has 0 atom stereocenters. The number of hydrogen-bond donors (Lipinski definition) is 0. The third-order valence-corrected chi connectivity index (χ3v) is 12.3. The molecule has 0 N–H and O–H groups in total. The Hall–Kier alpha value is -2.36. The van der Waals surface area contributed by atoms with Crippen LogP contribution in [0.1, 0.15) is 59.1 Å². The molecule has 0 heterocycles. The van der Waals surface area contributed by atoms with Gasteiger partial charge in [-0.3, -0.25) is 0 Å². The van der Waals surface area contributed by atoms with E-state index in [1.807, 2.05) is 27.7 Å². The third kappa shape index (κ3) is 7.36. The molecule has 0 aromatic heterocycles. The van der Waals surface area contributed by atoms with Gasteiger partial charge in [0, 0.05) is 62.7 Å². The van der Waals surface area contributed by atoms with Crippen LogP contribution in [0.25, 0.3) is 0 Å². The zero-order valence-corrected chi connectivity index (χ0v) is 21.4. The molecular weight excluding hydrogens is 438 g/mol. The van der Waals surface area contributed by atoms with Gasteiger partial charge in [-0.15, -0.1) is 0 Å². The number of nitrogens with zero attached hydrogens (tertiary/aromatic N) is 4. The fraction of sp³-hybridized carbons (Fsp3) is 0.583. The molecule has 8 heteroatoms. The monoisotopic (exact) mass is 470 g/mol. The minimum atomic E-state index is -2.73. The number of hydrogen-bond acceptors (Lipinski definition) is 6. The molecule has 1 aromatic rings.